The lowest BCUT2D eigenvalue weighted by Gasteiger charge is -2.17. The maximum Gasteiger partial charge on any atom is 0.243 e. The quantitative estimate of drug-likeness (QED) is 0.791. The van der Waals surface area contributed by atoms with Crippen LogP contribution in [-0.2, 0) is 10.0 Å². The van der Waals surface area contributed by atoms with Gasteiger partial charge in [-0.15, -0.1) is 0 Å². The lowest BCUT2D eigenvalue weighted by molar-refractivity contribution is 0.504. The van der Waals surface area contributed by atoms with Gasteiger partial charge in [0, 0.05) is 6.04 Å². The van der Waals surface area contributed by atoms with Gasteiger partial charge in [0.15, 0.2) is 5.82 Å². The van der Waals surface area contributed by atoms with Crippen molar-refractivity contribution in [1.82, 2.24) is 4.72 Å². The number of rotatable bonds is 6. The van der Waals surface area contributed by atoms with Gasteiger partial charge in [0.05, 0.1) is 0 Å². The minimum atomic E-state index is -4.04. The first-order valence-corrected chi connectivity index (χ1v) is 7.57. The Bertz CT molecular complexity index is 547. The van der Waals surface area contributed by atoms with Gasteiger partial charge in [-0.25, -0.2) is 21.9 Å². The molecule has 0 radical (unpaired) electrons. The Kier molecular flexibility index (Phi) is 5.25. The van der Waals surface area contributed by atoms with Gasteiger partial charge in [-0.2, -0.15) is 0 Å². The van der Waals surface area contributed by atoms with E-state index in [1.54, 1.807) is 0 Å². The summed E-state index contributed by atoms with van der Waals surface area (Å²) < 4.78 is 53.2. The van der Waals surface area contributed by atoms with Crippen LogP contribution < -0.4 is 10.5 Å². The minimum Gasteiger partial charge on any atom is -0.394 e. The largest absolute Gasteiger partial charge is 0.394 e. The summed E-state index contributed by atoms with van der Waals surface area (Å²) >= 11 is 0. The number of benzene rings is 1. The summed E-state index contributed by atoms with van der Waals surface area (Å²) in [6, 6.07) is 1.44. The van der Waals surface area contributed by atoms with Crippen LogP contribution in [-0.4, -0.2) is 14.5 Å². The fourth-order valence-electron chi connectivity index (χ4n) is 1.73. The molecule has 1 aromatic carbocycles. The highest BCUT2D eigenvalue weighted by molar-refractivity contribution is 7.89. The van der Waals surface area contributed by atoms with Gasteiger partial charge in [-0.05, 0) is 25.0 Å². The molecule has 0 bridgehead atoms. The van der Waals surface area contributed by atoms with E-state index in [-0.39, 0.29) is 6.04 Å². The SMILES string of the molecule is CCCC(CC)NS(=O)(=O)c1ccc(F)c(N)c1F. The maximum atomic E-state index is 13.7. The van der Waals surface area contributed by atoms with E-state index in [2.05, 4.69) is 4.72 Å². The summed E-state index contributed by atoms with van der Waals surface area (Å²) in [7, 11) is -4.04. The van der Waals surface area contributed by atoms with E-state index in [0.717, 1.165) is 18.6 Å². The molecular weight excluding hydrogens is 274 g/mol. The van der Waals surface area contributed by atoms with Gasteiger partial charge in [-0.3, -0.25) is 0 Å². The summed E-state index contributed by atoms with van der Waals surface area (Å²) in [5, 5.41) is 0. The third kappa shape index (κ3) is 3.63. The predicted molar refractivity (Wildman–Crippen MR) is 70.1 cm³/mol. The van der Waals surface area contributed by atoms with E-state index in [1.807, 2.05) is 13.8 Å². The van der Waals surface area contributed by atoms with Crippen LogP contribution in [0.15, 0.2) is 17.0 Å². The monoisotopic (exact) mass is 292 g/mol. The number of nitrogens with one attached hydrogen (secondary N) is 1. The van der Waals surface area contributed by atoms with Gasteiger partial charge >= 0.3 is 0 Å². The number of nitrogens with two attached hydrogens (primary N) is 1. The minimum absolute atomic E-state index is 0.277. The van der Waals surface area contributed by atoms with Crippen molar-refractivity contribution >= 4 is 15.7 Å². The van der Waals surface area contributed by atoms with Crippen molar-refractivity contribution in [2.75, 3.05) is 5.73 Å². The molecule has 3 N–H and O–H groups in total. The topological polar surface area (TPSA) is 72.2 Å². The molecule has 108 valence electrons. The van der Waals surface area contributed by atoms with Crippen LogP contribution in [0.25, 0.3) is 0 Å². The second kappa shape index (κ2) is 6.29. The first kappa shape index (κ1) is 15.8. The molecule has 19 heavy (non-hydrogen) atoms. The van der Waals surface area contributed by atoms with E-state index >= 15 is 0 Å². The number of anilines is 1. The summed E-state index contributed by atoms with van der Waals surface area (Å²) in [5.74, 6) is -2.23. The maximum absolute atomic E-state index is 13.7. The van der Waals surface area contributed by atoms with Crippen molar-refractivity contribution in [3.05, 3.63) is 23.8 Å². The molecule has 0 aliphatic carbocycles. The molecule has 0 fully saturated rings. The molecule has 0 heterocycles. The van der Waals surface area contributed by atoms with Crippen molar-refractivity contribution in [3.63, 3.8) is 0 Å². The Balaban J connectivity index is 3.10. The zero-order chi connectivity index (χ0) is 14.6. The van der Waals surface area contributed by atoms with Crippen molar-refractivity contribution in [3.8, 4) is 0 Å². The van der Waals surface area contributed by atoms with Gasteiger partial charge in [0.1, 0.15) is 16.4 Å². The summed E-state index contributed by atoms with van der Waals surface area (Å²) in [6.45, 7) is 3.76. The Morgan fingerprint density at radius 1 is 1.32 bits per heavy atom. The van der Waals surface area contributed by atoms with Crippen LogP contribution in [0.1, 0.15) is 33.1 Å². The molecule has 0 amide bonds. The molecule has 1 rings (SSSR count). The molecule has 1 atom stereocenters. The number of hydrogen-bond acceptors (Lipinski definition) is 3. The molecule has 1 aromatic rings. The second-order valence-electron chi connectivity index (χ2n) is 4.29. The molecule has 0 saturated heterocycles. The van der Waals surface area contributed by atoms with Crippen molar-refractivity contribution < 1.29 is 17.2 Å². The third-order valence-corrected chi connectivity index (χ3v) is 4.37. The standard InChI is InChI=1S/C12H18F2N2O2S/c1-3-5-8(4-2)16-19(17,18)10-7-6-9(13)12(15)11(10)14/h6-8,16H,3-5,15H2,1-2H3. The number of hydrogen-bond donors (Lipinski definition) is 2. The first-order valence-electron chi connectivity index (χ1n) is 6.09. The average Bonchev–Trinajstić information content (AvgIpc) is 2.34. The summed E-state index contributed by atoms with van der Waals surface area (Å²) in [6.07, 6.45) is 2.04. The van der Waals surface area contributed by atoms with E-state index in [1.165, 1.54) is 0 Å². The Labute approximate surface area is 112 Å². The lowest BCUT2D eigenvalue weighted by atomic mass is 10.1. The molecule has 7 heteroatoms. The Hall–Kier alpha value is -1.21. The smallest absolute Gasteiger partial charge is 0.243 e. The lowest BCUT2D eigenvalue weighted by Crippen LogP contribution is -2.34. The van der Waals surface area contributed by atoms with Crippen LogP contribution in [0.2, 0.25) is 0 Å². The number of nitrogen functional groups attached to an aromatic ring is 1. The molecular formula is C12H18F2N2O2S. The van der Waals surface area contributed by atoms with Crippen molar-refractivity contribution in [1.29, 1.82) is 0 Å². The van der Waals surface area contributed by atoms with Crippen LogP contribution in [0, 0.1) is 11.6 Å². The average molecular weight is 292 g/mol. The number of halogens is 2. The predicted octanol–water partition coefficient (Wildman–Crippen LogP) is 2.40. The van der Waals surface area contributed by atoms with E-state index in [9.17, 15) is 17.2 Å². The summed E-state index contributed by atoms with van der Waals surface area (Å²) in [4.78, 5) is -0.624. The third-order valence-electron chi connectivity index (χ3n) is 2.83. The zero-order valence-corrected chi connectivity index (χ0v) is 11.7. The molecule has 1 unspecified atom stereocenters. The summed E-state index contributed by atoms with van der Waals surface area (Å²) in [5.41, 5.74) is 4.37. The van der Waals surface area contributed by atoms with E-state index in [4.69, 9.17) is 5.73 Å². The zero-order valence-electron chi connectivity index (χ0n) is 10.9. The fourth-order valence-corrected chi connectivity index (χ4v) is 3.18. The normalized spacial score (nSPS) is 13.5. The van der Waals surface area contributed by atoms with Gasteiger partial charge in [0.2, 0.25) is 10.0 Å². The molecule has 0 aromatic heterocycles. The Morgan fingerprint density at radius 2 is 1.95 bits per heavy atom. The van der Waals surface area contributed by atoms with Gasteiger partial charge in [-0.1, -0.05) is 20.3 Å². The number of sulfonamides is 1. The van der Waals surface area contributed by atoms with Crippen LogP contribution in [0.3, 0.4) is 0 Å². The first-order chi connectivity index (χ1) is 8.83. The molecule has 0 saturated carbocycles. The molecule has 0 aliphatic heterocycles. The highest BCUT2D eigenvalue weighted by Gasteiger charge is 2.24. The second-order valence-corrected chi connectivity index (χ2v) is 5.97. The van der Waals surface area contributed by atoms with Crippen molar-refractivity contribution in [2.45, 2.75) is 44.0 Å². The molecule has 0 spiro atoms. The Morgan fingerprint density at radius 3 is 2.47 bits per heavy atom. The van der Waals surface area contributed by atoms with Crippen LogP contribution in [0.5, 0.6) is 0 Å². The molecule has 4 nitrogen and oxygen atoms in total. The van der Waals surface area contributed by atoms with E-state index < -0.39 is 32.2 Å². The highest BCUT2D eigenvalue weighted by atomic mass is 32.2. The van der Waals surface area contributed by atoms with Crippen molar-refractivity contribution in [2.24, 2.45) is 0 Å². The van der Waals surface area contributed by atoms with E-state index in [0.29, 0.717) is 12.8 Å². The van der Waals surface area contributed by atoms with Crippen LogP contribution in [0.4, 0.5) is 14.5 Å². The fraction of sp³-hybridized carbons (Fsp3) is 0.500. The van der Waals surface area contributed by atoms with Crippen LogP contribution >= 0.6 is 0 Å². The highest BCUT2D eigenvalue weighted by Crippen LogP contribution is 2.23. The molecule has 0 aliphatic rings. The van der Waals surface area contributed by atoms with Gasteiger partial charge < -0.3 is 5.73 Å². The van der Waals surface area contributed by atoms with Gasteiger partial charge in [0.25, 0.3) is 0 Å².